The minimum absolute atomic E-state index is 0.0496. The molecule has 0 fully saturated rings. The first kappa shape index (κ1) is 13.1. The largest absolute Gasteiger partial charge is 0.494 e. The topological polar surface area (TPSA) is 63.6 Å². The number of thiophene rings is 1. The maximum Gasteiger partial charge on any atom is 0.304 e. The number of hydrogen-bond acceptors (Lipinski definition) is 4. The van der Waals surface area contributed by atoms with E-state index in [1.54, 1.807) is 6.07 Å². The molecule has 4 nitrogen and oxygen atoms in total. The van der Waals surface area contributed by atoms with Crippen LogP contribution in [-0.4, -0.2) is 19.6 Å². The standard InChI is InChI=1S/C12H12O4S2/c1-2-16-10-5-3-9(4-6-10)11-7-8-12(17-11)18(13,14)15/h3-8H,2H2,1H3,(H,13,14,15). The summed E-state index contributed by atoms with van der Waals surface area (Å²) in [5.74, 6) is 0.771. The molecule has 2 rings (SSSR count). The molecule has 2 aromatic rings. The smallest absolute Gasteiger partial charge is 0.304 e. The summed E-state index contributed by atoms with van der Waals surface area (Å²) >= 11 is 1.03. The average molecular weight is 284 g/mol. The van der Waals surface area contributed by atoms with Gasteiger partial charge in [0.1, 0.15) is 9.96 Å². The lowest BCUT2D eigenvalue weighted by atomic mass is 10.2. The Kier molecular flexibility index (Phi) is 3.70. The zero-order valence-electron chi connectivity index (χ0n) is 9.66. The van der Waals surface area contributed by atoms with E-state index in [4.69, 9.17) is 9.29 Å². The molecular formula is C12H12O4S2. The predicted octanol–water partition coefficient (Wildman–Crippen LogP) is 3.06. The first-order valence-corrected chi connectivity index (χ1v) is 7.57. The molecule has 0 radical (unpaired) electrons. The van der Waals surface area contributed by atoms with Crippen LogP contribution in [-0.2, 0) is 10.1 Å². The Bertz CT molecular complexity index is 626. The third-order valence-electron chi connectivity index (χ3n) is 2.29. The summed E-state index contributed by atoms with van der Waals surface area (Å²) < 4.78 is 36.1. The minimum Gasteiger partial charge on any atom is -0.494 e. The zero-order valence-corrected chi connectivity index (χ0v) is 11.3. The van der Waals surface area contributed by atoms with Crippen LogP contribution < -0.4 is 4.74 Å². The van der Waals surface area contributed by atoms with Gasteiger partial charge in [0.25, 0.3) is 0 Å². The van der Waals surface area contributed by atoms with Crippen LogP contribution in [0.1, 0.15) is 6.92 Å². The van der Waals surface area contributed by atoms with Crippen LogP contribution in [0.3, 0.4) is 0 Å². The van der Waals surface area contributed by atoms with Crippen LogP contribution in [0.2, 0.25) is 0 Å². The highest BCUT2D eigenvalue weighted by Crippen LogP contribution is 2.31. The molecule has 0 atom stereocenters. The minimum atomic E-state index is -4.11. The highest BCUT2D eigenvalue weighted by molar-refractivity contribution is 7.88. The van der Waals surface area contributed by atoms with Crippen molar-refractivity contribution in [3.63, 3.8) is 0 Å². The van der Waals surface area contributed by atoms with Crippen molar-refractivity contribution in [2.24, 2.45) is 0 Å². The lowest BCUT2D eigenvalue weighted by Gasteiger charge is -2.03. The SMILES string of the molecule is CCOc1ccc(-c2ccc(S(=O)(=O)O)s2)cc1. The molecule has 0 saturated heterocycles. The van der Waals surface area contributed by atoms with Crippen molar-refractivity contribution < 1.29 is 17.7 Å². The van der Waals surface area contributed by atoms with Crippen LogP contribution in [0.15, 0.2) is 40.6 Å². The molecule has 0 amide bonds. The van der Waals surface area contributed by atoms with Crippen LogP contribution in [0.5, 0.6) is 5.75 Å². The fourth-order valence-electron chi connectivity index (χ4n) is 1.50. The van der Waals surface area contributed by atoms with Gasteiger partial charge in [-0.1, -0.05) is 0 Å². The highest BCUT2D eigenvalue weighted by atomic mass is 32.3. The van der Waals surface area contributed by atoms with Crippen molar-refractivity contribution in [3.05, 3.63) is 36.4 Å². The molecule has 0 aliphatic carbocycles. The van der Waals surface area contributed by atoms with Crippen LogP contribution in [0, 0.1) is 0 Å². The molecule has 0 unspecified atom stereocenters. The van der Waals surface area contributed by atoms with Crippen molar-refractivity contribution in [3.8, 4) is 16.2 Å². The number of rotatable bonds is 4. The number of ether oxygens (including phenoxy) is 1. The Morgan fingerprint density at radius 1 is 1.17 bits per heavy atom. The van der Waals surface area contributed by atoms with Crippen molar-refractivity contribution >= 4 is 21.5 Å². The van der Waals surface area contributed by atoms with E-state index in [9.17, 15) is 8.42 Å². The van der Waals surface area contributed by atoms with E-state index in [1.807, 2.05) is 31.2 Å². The van der Waals surface area contributed by atoms with E-state index in [2.05, 4.69) is 0 Å². The summed E-state index contributed by atoms with van der Waals surface area (Å²) in [6.45, 7) is 2.51. The van der Waals surface area contributed by atoms with Gasteiger partial charge in [0.05, 0.1) is 6.61 Å². The molecule has 0 aliphatic heterocycles. The molecule has 6 heteroatoms. The van der Waals surface area contributed by atoms with E-state index in [1.165, 1.54) is 6.07 Å². The summed E-state index contributed by atoms with van der Waals surface area (Å²) in [7, 11) is -4.11. The lowest BCUT2D eigenvalue weighted by molar-refractivity contribution is 0.340. The monoisotopic (exact) mass is 284 g/mol. The molecule has 1 aromatic carbocycles. The van der Waals surface area contributed by atoms with Gasteiger partial charge >= 0.3 is 10.1 Å². The van der Waals surface area contributed by atoms with Gasteiger partial charge in [0.15, 0.2) is 0 Å². The maximum atomic E-state index is 11.0. The van der Waals surface area contributed by atoms with E-state index < -0.39 is 10.1 Å². The Hall–Kier alpha value is -1.37. The van der Waals surface area contributed by atoms with Gasteiger partial charge in [-0.15, -0.1) is 11.3 Å². The van der Waals surface area contributed by atoms with Gasteiger partial charge in [0, 0.05) is 4.88 Å². The fraction of sp³-hybridized carbons (Fsp3) is 0.167. The third kappa shape index (κ3) is 2.90. The normalized spacial score (nSPS) is 11.4. The van der Waals surface area contributed by atoms with Gasteiger partial charge in [-0.25, -0.2) is 0 Å². The third-order valence-corrected chi connectivity index (χ3v) is 4.74. The zero-order chi connectivity index (χ0) is 13.2. The number of benzene rings is 1. The molecule has 1 heterocycles. The first-order chi connectivity index (χ1) is 8.50. The second-order valence-corrected chi connectivity index (χ2v) is 6.28. The Morgan fingerprint density at radius 3 is 2.33 bits per heavy atom. The molecule has 18 heavy (non-hydrogen) atoms. The quantitative estimate of drug-likeness (QED) is 0.876. The highest BCUT2D eigenvalue weighted by Gasteiger charge is 2.13. The predicted molar refractivity (Wildman–Crippen MR) is 70.7 cm³/mol. The van der Waals surface area contributed by atoms with Crippen molar-refractivity contribution in [1.82, 2.24) is 0 Å². The molecule has 1 aromatic heterocycles. The van der Waals surface area contributed by atoms with E-state index >= 15 is 0 Å². The first-order valence-electron chi connectivity index (χ1n) is 5.31. The Balaban J connectivity index is 2.29. The second kappa shape index (κ2) is 5.09. The molecule has 96 valence electrons. The van der Waals surface area contributed by atoms with Crippen LogP contribution in [0.4, 0.5) is 0 Å². The van der Waals surface area contributed by atoms with E-state index in [-0.39, 0.29) is 4.21 Å². The number of hydrogen-bond donors (Lipinski definition) is 1. The van der Waals surface area contributed by atoms with Gasteiger partial charge in [0.2, 0.25) is 0 Å². The Morgan fingerprint density at radius 2 is 1.83 bits per heavy atom. The summed E-state index contributed by atoms with van der Waals surface area (Å²) in [6, 6.07) is 10.4. The summed E-state index contributed by atoms with van der Waals surface area (Å²) in [5, 5.41) is 0. The lowest BCUT2D eigenvalue weighted by Crippen LogP contribution is -1.93. The average Bonchev–Trinajstić information content (AvgIpc) is 2.79. The molecule has 1 N–H and O–H groups in total. The molecule has 0 saturated carbocycles. The maximum absolute atomic E-state index is 11.0. The molecule has 0 bridgehead atoms. The van der Waals surface area contributed by atoms with E-state index in [0.717, 1.165) is 27.5 Å². The molecular weight excluding hydrogens is 272 g/mol. The van der Waals surface area contributed by atoms with Crippen molar-refractivity contribution in [2.75, 3.05) is 6.61 Å². The molecule has 0 aliphatic rings. The van der Waals surface area contributed by atoms with Gasteiger partial charge < -0.3 is 4.74 Å². The van der Waals surface area contributed by atoms with Gasteiger partial charge in [-0.3, -0.25) is 4.55 Å². The summed E-state index contributed by atoms with van der Waals surface area (Å²) in [5.41, 5.74) is 0.887. The van der Waals surface area contributed by atoms with Crippen LogP contribution >= 0.6 is 11.3 Å². The summed E-state index contributed by atoms with van der Waals surface area (Å²) in [6.07, 6.45) is 0. The Labute approximate surface area is 110 Å². The second-order valence-electron chi connectivity index (χ2n) is 3.55. The summed E-state index contributed by atoms with van der Waals surface area (Å²) in [4.78, 5) is 0.783. The fourth-order valence-corrected chi connectivity index (χ4v) is 3.17. The van der Waals surface area contributed by atoms with Gasteiger partial charge in [-0.2, -0.15) is 8.42 Å². The molecule has 0 spiro atoms. The van der Waals surface area contributed by atoms with E-state index in [0.29, 0.717) is 6.61 Å². The van der Waals surface area contributed by atoms with Crippen molar-refractivity contribution in [2.45, 2.75) is 11.1 Å². The van der Waals surface area contributed by atoms with Gasteiger partial charge in [-0.05, 0) is 48.9 Å². The van der Waals surface area contributed by atoms with Crippen LogP contribution in [0.25, 0.3) is 10.4 Å². The van der Waals surface area contributed by atoms with Crippen molar-refractivity contribution in [1.29, 1.82) is 0 Å².